The van der Waals surface area contributed by atoms with Gasteiger partial charge in [-0.3, -0.25) is 14.4 Å². The second kappa shape index (κ2) is 45.8. The molecule has 27 nitrogen and oxygen atoms in total. The van der Waals surface area contributed by atoms with Crippen LogP contribution in [-0.4, -0.2) is 199 Å². The zero-order valence-electron chi connectivity index (χ0n) is 67.5. The summed E-state index contributed by atoms with van der Waals surface area (Å²) < 4.78 is 77.4. The number of aryl methyl sites for hydroxylation is 4. The van der Waals surface area contributed by atoms with Gasteiger partial charge < -0.3 is 44.2 Å². The van der Waals surface area contributed by atoms with Crippen molar-refractivity contribution in [2.45, 2.75) is 183 Å². The van der Waals surface area contributed by atoms with E-state index in [2.05, 4.69) is 71.2 Å². The molecule has 15 rings (SSSR count). The van der Waals surface area contributed by atoms with E-state index in [0.717, 1.165) is 175 Å². The number of amides is 4. The highest BCUT2D eigenvalue weighted by Crippen LogP contribution is 2.40. The number of hydrogen-bond acceptors (Lipinski definition) is 18. The molecule has 0 spiro atoms. The third-order valence-electron chi connectivity index (χ3n) is 20.8. The number of carbonyl (C=O) groups is 6. The van der Waals surface area contributed by atoms with Crippen LogP contribution < -0.4 is 10.1 Å². The van der Waals surface area contributed by atoms with E-state index in [0.29, 0.717) is 72.6 Å². The van der Waals surface area contributed by atoms with Crippen molar-refractivity contribution in [2.75, 3.05) is 72.6 Å². The second-order valence-corrected chi connectivity index (χ2v) is 29.6. The molecule has 0 atom stereocenters. The fourth-order valence-corrected chi connectivity index (χ4v) is 14.5. The Bertz CT molecular complexity index is 4980. The highest BCUT2D eigenvalue weighted by Gasteiger charge is 2.30. The third-order valence-corrected chi connectivity index (χ3v) is 20.8. The van der Waals surface area contributed by atoms with E-state index < -0.39 is 35.2 Å². The normalized spacial score (nSPS) is 14.7. The van der Waals surface area contributed by atoms with Crippen LogP contribution in [0.25, 0.3) is 22.7 Å². The summed E-state index contributed by atoms with van der Waals surface area (Å²) in [6, 6.07) is 31.8. The summed E-state index contributed by atoms with van der Waals surface area (Å²) in [6.45, 7) is 14.7. The van der Waals surface area contributed by atoms with Crippen LogP contribution in [0.4, 0.5) is 22.4 Å². The van der Waals surface area contributed by atoms with Gasteiger partial charge in [-0.2, -0.15) is 0 Å². The monoisotopic (exact) mass is 1650 g/mol. The molecule has 5 aliphatic rings. The maximum absolute atomic E-state index is 14.6. The van der Waals surface area contributed by atoms with Crippen molar-refractivity contribution in [3.8, 4) is 28.5 Å². The van der Waals surface area contributed by atoms with Crippen LogP contribution in [0.5, 0.6) is 5.75 Å². The summed E-state index contributed by atoms with van der Waals surface area (Å²) in [5, 5.41) is 44.0. The zero-order valence-corrected chi connectivity index (χ0v) is 67.5. The number of methoxy groups -OCH3 is 1. The van der Waals surface area contributed by atoms with Gasteiger partial charge in [0.25, 0.3) is 17.7 Å². The Morgan fingerprint density at radius 1 is 0.442 bits per heavy atom. The van der Waals surface area contributed by atoms with Gasteiger partial charge in [-0.25, -0.2) is 50.7 Å². The summed E-state index contributed by atoms with van der Waals surface area (Å²) in [4.78, 5) is 80.5. The SMILES string of the molecule is C.C.CCCc1cn(-c2cc(F)cc(C(=O)N3CCCCC3)c2)nn1.CCCc1cn(-c2cc(F)cc(C(=O)N3CCN(C(=O)c4ccc(OC5CCCC5)c(C5CCCCC5)c4)CC3)c2)nn1.CCCc1cn(-c2cc(F)cc(C(=O)O)c2)nn1.CCc1cn(-c2cc(F)cc(C(=O)OC)c2)nn1.O=C(OCc1ccccc1)N1CCNCC1. The van der Waals surface area contributed by atoms with Crippen molar-refractivity contribution in [3.05, 3.63) is 231 Å². The standard InChI is InChI=1S/C34H42FN5O3.C17H21FN4O.2C12H12FN3O2.C12H16N2O2.2CH4/c1-2-8-28-23-40(37-36-28)29-20-26(19-27(35)22-29)34(42)39-17-15-38(16-18-39)33(41)25-13-14-32(43-30-11-6-7-12-30)31(21-25)24-9-4-3-5-10-24;1-2-6-15-12-22(20-19-15)16-10-13(9-14(18)11-16)17(23)21-7-4-3-5-8-21;1-3-10-7-16(15-14-10)11-5-8(12(17)18-2)4-9(13)6-11;1-2-3-10-7-16(15-14-10)11-5-8(12(17)18)4-9(13)6-11;15-12(14-8-6-13-7-9-14)16-10-11-4-2-1-3-5-11;;/h13-14,19-24,30H,2-12,15-18H2,1H3;9-12H,2-8H2,1H3;4-7H,3H2,1-2H3;4-7H,2-3H2,1H3,(H,17,18);1-5,13H,6-10H2;2*1H4. The molecule has 120 heavy (non-hydrogen) atoms. The van der Waals surface area contributed by atoms with Gasteiger partial charge in [0, 0.05) is 82.1 Å². The van der Waals surface area contributed by atoms with Crippen molar-refractivity contribution in [1.29, 1.82) is 0 Å². The Hall–Kier alpha value is -12.0. The van der Waals surface area contributed by atoms with E-state index in [-0.39, 0.29) is 61.5 Å². The Morgan fingerprint density at radius 2 is 0.850 bits per heavy atom. The molecule has 0 unspecified atom stereocenters. The molecule has 2 aliphatic carbocycles. The number of halogens is 4. The van der Waals surface area contributed by atoms with Gasteiger partial charge in [-0.05, 0) is 192 Å². The molecular formula is C89H111F4N17O10. The van der Waals surface area contributed by atoms with Crippen LogP contribution in [-0.2, 0) is 41.8 Å². The fourth-order valence-electron chi connectivity index (χ4n) is 14.5. The van der Waals surface area contributed by atoms with Gasteiger partial charge in [-0.15, -0.1) is 20.4 Å². The van der Waals surface area contributed by atoms with Crippen molar-refractivity contribution in [2.24, 2.45) is 0 Å². The molecule has 640 valence electrons. The maximum Gasteiger partial charge on any atom is 0.410 e. The molecule has 3 aliphatic heterocycles. The third kappa shape index (κ3) is 26.0. The molecule has 2 saturated carbocycles. The minimum Gasteiger partial charge on any atom is -0.490 e. The Morgan fingerprint density at radius 3 is 1.30 bits per heavy atom. The molecule has 4 aromatic heterocycles. The molecule has 3 saturated heterocycles. The molecule has 0 radical (unpaired) electrons. The van der Waals surface area contributed by atoms with Crippen LogP contribution >= 0.6 is 0 Å². The number of nitrogens with one attached hydrogen (secondary N) is 1. The number of carboxylic acid groups (broad SMARTS) is 1. The van der Waals surface area contributed by atoms with Gasteiger partial charge in [-0.1, -0.05) is 132 Å². The number of carboxylic acids is 1. The van der Waals surface area contributed by atoms with Crippen LogP contribution in [0.1, 0.15) is 230 Å². The Labute approximate surface area is 698 Å². The number of piperazine rings is 2. The first-order valence-electron chi connectivity index (χ1n) is 40.8. The van der Waals surface area contributed by atoms with Crippen LogP contribution in [0.2, 0.25) is 0 Å². The molecule has 5 fully saturated rings. The molecule has 10 aromatic rings. The molecule has 2 N–H and O–H groups in total. The number of aromatic carboxylic acids is 1. The fraction of sp³-hybridized carbons (Fsp3) is 0.438. The summed E-state index contributed by atoms with van der Waals surface area (Å²) >= 11 is 0. The van der Waals surface area contributed by atoms with E-state index in [1.165, 1.54) is 112 Å². The maximum atomic E-state index is 14.6. The van der Waals surface area contributed by atoms with Gasteiger partial charge in [0.05, 0.1) is 94.7 Å². The number of aromatic nitrogens is 12. The predicted molar refractivity (Wildman–Crippen MR) is 446 cm³/mol. The predicted octanol–water partition coefficient (Wildman–Crippen LogP) is 15.6. The average Bonchev–Trinajstić information content (AvgIpc) is 0.985. The van der Waals surface area contributed by atoms with Crippen molar-refractivity contribution in [1.82, 2.24) is 84.9 Å². The second-order valence-electron chi connectivity index (χ2n) is 29.6. The number of esters is 1. The van der Waals surface area contributed by atoms with E-state index >= 15 is 0 Å². The smallest absolute Gasteiger partial charge is 0.410 e. The van der Waals surface area contributed by atoms with Crippen molar-refractivity contribution >= 4 is 35.8 Å². The van der Waals surface area contributed by atoms with Crippen molar-refractivity contribution < 1.29 is 65.6 Å². The minimum absolute atomic E-state index is 0. The molecular weight excluding hydrogens is 1540 g/mol. The highest BCUT2D eigenvalue weighted by molar-refractivity contribution is 5.97. The summed E-state index contributed by atoms with van der Waals surface area (Å²) in [5.41, 5.74) is 8.58. The number of hydrogen-bond donors (Lipinski definition) is 2. The number of ether oxygens (including phenoxy) is 3. The number of carbonyl (C=O) groups excluding carboxylic acids is 5. The van der Waals surface area contributed by atoms with E-state index in [1.807, 2.05) is 61.2 Å². The molecule has 4 amide bonds. The zero-order chi connectivity index (χ0) is 83.5. The first kappa shape index (κ1) is 91.9. The largest absolute Gasteiger partial charge is 0.490 e. The number of likely N-dealkylation sites (tertiary alicyclic amines) is 1. The Kier molecular flexibility index (Phi) is 35.1. The molecule has 6 aromatic carbocycles. The van der Waals surface area contributed by atoms with Gasteiger partial charge in [0.15, 0.2) is 0 Å². The lowest BCUT2D eigenvalue weighted by molar-refractivity contribution is 0.0535. The number of piperidine rings is 1. The van der Waals surface area contributed by atoms with Crippen LogP contribution in [0.15, 0.2) is 146 Å². The minimum atomic E-state index is -1.18. The first-order chi connectivity index (χ1) is 57.2. The van der Waals surface area contributed by atoms with Gasteiger partial charge in [0.1, 0.15) is 35.6 Å². The Balaban J connectivity index is 0.000000181. The van der Waals surface area contributed by atoms with Crippen molar-refractivity contribution in [3.63, 3.8) is 0 Å². The van der Waals surface area contributed by atoms with E-state index in [1.54, 1.807) is 51.6 Å². The number of benzene rings is 6. The van der Waals surface area contributed by atoms with E-state index in [9.17, 15) is 46.3 Å². The topological polar surface area (TPSA) is 298 Å². The lowest BCUT2D eigenvalue weighted by atomic mass is 9.83. The molecule has 0 bridgehead atoms. The van der Waals surface area contributed by atoms with Crippen LogP contribution in [0, 0.1) is 23.3 Å². The number of nitrogens with zero attached hydrogens (tertiary/aromatic N) is 16. The average molecular weight is 1650 g/mol. The molecule has 31 heteroatoms. The summed E-state index contributed by atoms with van der Waals surface area (Å²) in [7, 11) is 1.25. The van der Waals surface area contributed by atoms with Gasteiger partial charge >= 0.3 is 18.0 Å². The lowest BCUT2D eigenvalue weighted by Gasteiger charge is -2.35. The number of rotatable bonds is 21. The summed E-state index contributed by atoms with van der Waals surface area (Å²) in [5.74, 6) is -2.85. The lowest BCUT2D eigenvalue weighted by Crippen LogP contribution is -2.50. The van der Waals surface area contributed by atoms with Gasteiger partial charge in [0.2, 0.25) is 0 Å². The van der Waals surface area contributed by atoms with Crippen LogP contribution in [0.3, 0.4) is 0 Å². The van der Waals surface area contributed by atoms with E-state index in [4.69, 9.17) is 14.6 Å². The molecule has 7 heterocycles. The first-order valence-corrected chi connectivity index (χ1v) is 40.8. The quantitative estimate of drug-likeness (QED) is 0.0499. The highest BCUT2D eigenvalue weighted by atomic mass is 19.1. The summed E-state index contributed by atoms with van der Waals surface area (Å²) in [6.07, 6.45) is 26.7.